The van der Waals surface area contributed by atoms with Gasteiger partial charge in [-0.05, 0) is 29.3 Å². The molecule has 2 aromatic carbocycles. The van der Waals surface area contributed by atoms with Crippen LogP contribution in [-0.4, -0.2) is 11.1 Å². The molecule has 0 bridgehead atoms. The molecule has 0 aromatic heterocycles. The molecule has 1 aliphatic heterocycles. The molecule has 3 N–H and O–H groups in total. The molecular formula is C15H14N2O2. The normalized spacial score (nSPS) is 13.4. The van der Waals surface area contributed by atoms with Gasteiger partial charge in [0.25, 0.3) is 0 Å². The van der Waals surface area contributed by atoms with Crippen molar-refractivity contribution in [3.8, 4) is 0 Å². The average molecular weight is 254 g/mol. The van der Waals surface area contributed by atoms with Gasteiger partial charge in [0.05, 0.1) is 5.56 Å². The zero-order chi connectivity index (χ0) is 13.4. The van der Waals surface area contributed by atoms with Crippen molar-refractivity contribution in [3.63, 3.8) is 0 Å². The van der Waals surface area contributed by atoms with E-state index in [4.69, 9.17) is 10.8 Å². The molecule has 4 heteroatoms. The first-order valence-electron chi connectivity index (χ1n) is 6.09. The van der Waals surface area contributed by atoms with E-state index in [1.165, 1.54) is 11.1 Å². The third-order valence-electron chi connectivity index (χ3n) is 3.47. The van der Waals surface area contributed by atoms with Crippen LogP contribution in [0.3, 0.4) is 0 Å². The first kappa shape index (κ1) is 11.6. The summed E-state index contributed by atoms with van der Waals surface area (Å²) in [6.45, 7) is 1.67. The van der Waals surface area contributed by atoms with Crippen molar-refractivity contribution in [1.82, 2.24) is 0 Å². The van der Waals surface area contributed by atoms with E-state index in [1.807, 2.05) is 18.2 Å². The van der Waals surface area contributed by atoms with Gasteiger partial charge in [-0.15, -0.1) is 0 Å². The van der Waals surface area contributed by atoms with Crippen LogP contribution in [0.2, 0.25) is 0 Å². The number of anilines is 2. The molecule has 96 valence electrons. The predicted molar refractivity (Wildman–Crippen MR) is 74.1 cm³/mol. The average Bonchev–Trinajstić information content (AvgIpc) is 2.81. The minimum absolute atomic E-state index is 0.153. The molecule has 0 saturated carbocycles. The van der Waals surface area contributed by atoms with E-state index in [-0.39, 0.29) is 5.56 Å². The zero-order valence-corrected chi connectivity index (χ0v) is 10.3. The van der Waals surface area contributed by atoms with Crippen molar-refractivity contribution in [2.45, 2.75) is 13.1 Å². The van der Waals surface area contributed by atoms with Crippen LogP contribution in [0.5, 0.6) is 0 Å². The number of carboxylic acid groups (broad SMARTS) is 1. The van der Waals surface area contributed by atoms with Crippen LogP contribution in [0.25, 0.3) is 0 Å². The number of hydrogen-bond acceptors (Lipinski definition) is 3. The van der Waals surface area contributed by atoms with Gasteiger partial charge < -0.3 is 15.7 Å². The molecule has 0 fully saturated rings. The molecule has 0 radical (unpaired) electrons. The summed E-state index contributed by atoms with van der Waals surface area (Å²) in [6, 6.07) is 13.4. The summed E-state index contributed by atoms with van der Waals surface area (Å²) >= 11 is 0. The lowest BCUT2D eigenvalue weighted by Crippen LogP contribution is -2.15. The Balaban J connectivity index is 1.90. The lowest BCUT2D eigenvalue weighted by atomic mass is 10.1. The molecule has 0 amide bonds. The second-order valence-electron chi connectivity index (χ2n) is 4.70. The highest BCUT2D eigenvalue weighted by Gasteiger charge is 2.19. The van der Waals surface area contributed by atoms with Crippen LogP contribution in [-0.2, 0) is 13.1 Å². The number of carboxylic acids is 1. The lowest BCUT2D eigenvalue weighted by molar-refractivity contribution is 0.0698. The molecule has 0 saturated heterocycles. The summed E-state index contributed by atoms with van der Waals surface area (Å²) in [5.41, 5.74) is 9.82. The highest BCUT2D eigenvalue weighted by Crippen LogP contribution is 2.30. The van der Waals surface area contributed by atoms with Gasteiger partial charge in [-0.1, -0.05) is 24.3 Å². The summed E-state index contributed by atoms with van der Waals surface area (Å²) in [4.78, 5) is 13.1. The third-order valence-corrected chi connectivity index (χ3v) is 3.47. The van der Waals surface area contributed by atoms with E-state index < -0.39 is 5.97 Å². The number of aromatic carboxylic acids is 1. The van der Waals surface area contributed by atoms with Gasteiger partial charge in [0.2, 0.25) is 0 Å². The standard InChI is InChI=1S/C15H14N2O2/c16-14-7-12(5-6-13(14)15(18)19)17-8-10-3-1-2-4-11(10)9-17/h1-7H,8-9,16H2,(H,18,19). The Hall–Kier alpha value is -2.49. The van der Waals surface area contributed by atoms with Crippen LogP contribution in [0.4, 0.5) is 11.4 Å². The van der Waals surface area contributed by atoms with Crippen LogP contribution < -0.4 is 10.6 Å². The summed E-state index contributed by atoms with van der Waals surface area (Å²) in [7, 11) is 0. The second-order valence-corrected chi connectivity index (χ2v) is 4.70. The molecule has 4 nitrogen and oxygen atoms in total. The van der Waals surface area contributed by atoms with E-state index in [2.05, 4.69) is 17.0 Å². The number of nitrogens with zero attached hydrogens (tertiary/aromatic N) is 1. The Morgan fingerprint density at radius 2 is 1.74 bits per heavy atom. The number of nitrogen functional groups attached to an aromatic ring is 1. The van der Waals surface area contributed by atoms with Crippen LogP contribution >= 0.6 is 0 Å². The van der Waals surface area contributed by atoms with Crippen molar-refractivity contribution in [2.24, 2.45) is 0 Å². The van der Waals surface area contributed by atoms with Crippen molar-refractivity contribution in [3.05, 3.63) is 59.2 Å². The minimum Gasteiger partial charge on any atom is -0.478 e. The van der Waals surface area contributed by atoms with Gasteiger partial charge in [0.15, 0.2) is 0 Å². The maximum absolute atomic E-state index is 10.9. The van der Waals surface area contributed by atoms with Gasteiger partial charge in [-0.3, -0.25) is 0 Å². The fraction of sp³-hybridized carbons (Fsp3) is 0.133. The molecular weight excluding hydrogens is 240 g/mol. The van der Waals surface area contributed by atoms with Gasteiger partial charge in [-0.2, -0.15) is 0 Å². The fourth-order valence-electron chi connectivity index (χ4n) is 2.46. The molecule has 0 aliphatic carbocycles. The Morgan fingerprint density at radius 1 is 1.11 bits per heavy atom. The monoisotopic (exact) mass is 254 g/mol. The van der Waals surface area contributed by atoms with E-state index in [0.29, 0.717) is 5.69 Å². The molecule has 0 unspecified atom stereocenters. The molecule has 1 heterocycles. The Labute approximate surface area is 111 Å². The van der Waals surface area contributed by atoms with E-state index in [1.54, 1.807) is 12.1 Å². The minimum atomic E-state index is -0.992. The molecule has 2 aromatic rings. The lowest BCUT2D eigenvalue weighted by Gasteiger charge is -2.18. The SMILES string of the molecule is Nc1cc(N2Cc3ccccc3C2)ccc1C(=O)O. The second kappa shape index (κ2) is 4.31. The Morgan fingerprint density at radius 3 is 2.26 bits per heavy atom. The van der Waals surface area contributed by atoms with Gasteiger partial charge in [0, 0.05) is 24.5 Å². The molecule has 0 atom stereocenters. The van der Waals surface area contributed by atoms with Crippen molar-refractivity contribution >= 4 is 17.3 Å². The molecule has 1 aliphatic rings. The zero-order valence-electron chi connectivity index (χ0n) is 10.3. The Kier molecular flexibility index (Phi) is 2.63. The largest absolute Gasteiger partial charge is 0.478 e. The summed E-state index contributed by atoms with van der Waals surface area (Å²) < 4.78 is 0. The first-order chi connectivity index (χ1) is 9.15. The number of benzene rings is 2. The number of carbonyl (C=O) groups is 1. The maximum Gasteiger partial charge on any atom is 0.337 e. The number of nitrogens with two attached hydrogens (primary N) is 1. The fourth-order valence-corrected chi connectivity index (χ4v) is 2.46. The number of hydrogen-bond donors (Lipinski definition) is 2. The van der Waals surface area contributed by atoms with Crippen LogP contribution in [0.15, 0.2) is 42.5 Å². The van der Waals surface area contributed by atoms with Gasteiger partial charge in [0.1, 0.15) is 0 Å². The number of fused-ring (bicyclic) bond motifs is 1. The summed E-state index contributed by atoms with van der Waals surface area (Å²) in [6.07, 6.45) is 0. The summed E-state index contributed by atoms with van der Waals surface area (Å²) in [5.74, 6) is -0.992. The maximum atomic E-state index is 10.9. The van der Waals surface area contributed by atoms with Crippen LogP contribution in [0.1, 0.15) is 21.5 Å². The smallest absolute Gasteiger partial charge is 0.337 e. The molecule has 19 heavy (non-hydrogen) atoms. The first-order valence-corrected chi connectivity index (χ1v) is 6.09. The van der Waals surface area contributed by atoms with Crippen LogP contribution in [0, 0.1) is 0 Å². The highest BCUT2D eigenvalue weighted by atomic mass is 16.4. The van der Waals surface area contributed by atoms with E-state index >= 15 is 0 Å². The van der Waals surface area contributed by atoms with Crippen molar-refractivity contribution in [1.29, 1.82) is 0 Å². The quantitative estimate of drug-likeness (QED) is 0.808. The molecule has 3 rings (SSSR count). The summed E-state index contributed by atoms with van der Waals surface area (Å²) in [5, 5.41) is 8.97. The predicted octanol–water partition coefficient (Wildman–Crippen LogP) is 2.49. The van der Waals surface area contributed by atoms with Gasteiger partial charge in [-0.25, -0.2) is 4.79 Å². The van der Waals surface area contributed by atoms with Gasteiger partial charge >= 0.3 is 5.97 Å². The topological polar surface area (TPSA) is 66.6 Å². The van der Waals surface area contributed by atoms with Crippen molar-refractivity contribution in [2.75, 3.05) is 10.6 Å². The third kappa shape index (κ3) is 2.01. The van der Waals surface area contributed by atoms with Crippen molar-refractivity contribution < 1.29 is 9.90 Å². The highest BCUT2D eigenvalue weighted by molar-refractivity contribution is 5.94. The number of rotatable bonds is 2. The van der Waals surface area contributed by atoms with E-state index in [0.717, 1.165) is 18.8 Å². The Bertz CT molecular complexity index is 627. The van der Waals surface area contributed by atoms with E-state index in [9.17, 15) is 4.79 Å². The molecule has 0 spiro atoms.